The predicted molar refractivity (Wildman–Crippen MR) is 101 cm³/mol. The van der Waals surface area contributed by atoms with Crippen LogP contribution in [-0.2, 0) is 4.79 Å². The van der Waals surface area contributed by atoms with Crippen LogP contribution in [0.4, 0.5) is 0 Å². The van der Waals surface area contributed by atoms with Crippen LogP contribution < -0.4 is 0 Å². The molecule has 0 N–H and O–H groups in total. The molecule has 0 spiro atoms. The van der Waals surface area contributed by atoms with Crippen LogP contribution in [0.1, 0.15) is 92.9 Å². The molecule has 2 unspecified atom stereocenters. The van der Waals surface area contributed by atoms with E-state index in [1.807, 2.05) is 4.90 Å². The van der Waals surface area contributed by atoms with E-state index in [0.717, 1.165) is 56.9 Å². The minimum absolute atomic E-state index is 0.182. The number of carbonyl (C=O) groups is 1. The molecule has 0 aromatic rings. The number of hydrogen-bond donors (Lipinski definition) is 0. The second-order valence-electron chi connectivity index (χ2n) is 7.84. The van der Waals surface area contributed by atoms with Crippen molar-refractivity contribution in [1.29, 1.82) is 0 Å². The summed E-state index contributed by atoms with van der Waals surface area (Å²) < 4.78 is 0. The molecule has 0 saturated heterocycles. The number of alkyl halides is 1. The van der Waals surface area contributed by atoms with E-state index >= 15 is 0 Å². The second kappa shape index (κ2) is 9.11. The Morgan fingerprint density at radius 2 is 1.83 bits per heavy atom. The highest BCUT2D eigenvalue weighted by Crippen LogP contribution is 2.35. The van der Waals surface area contributed by atoms with Gasteiger partial charge in [0.15, 0.2) is 0 Å². The molecule has 1 heterocycles. The molecule has 0 aromatic heterocycles. The van der Waals surface area contributed by atoms with E-state index < -0.39 is 0 Å². The number of amides is 1. The summed E-state index contributed by atoms with van der Waals surface area (Å²) in [5, 5.41) is 0. The van der Waals surface area contributed by atoms with Crippen LogP contribution >= 0.6 is 11.6 Å². The fourth-order valence-corrected chi connectivity index (χ4v) is 3.79. The molecule has 2 nitrogen and oxygen atoms in total. The van der Waals surface area contributed by atoms with Crippen molar-refractivity contribution in [1.82, 2.24) is 4.90 Å². The quantitative estimate of drug-likeness (QED) is 0.356. The lowest BCUT2D eigenvalue weighted by molar-refractivity contribution is -0.131. The first-order valence-corrected chi connectivity index (χ1v) is 9.88. The van der Waals surface area contributed by atoms with Crippen LogP contribution in [-0.4, -0.2) is 22.3 Å². The Morgan fingerprint density at radius 3 is 2.35 bits per heavy atom. The lowest BCUT2D eigenvalue weighted by Crippen LogP contribution is -2.47. The third kappa shape index (κ3) is 5.52. The molecule has 0 aromatic carbocycles. The highest BCUT2D eigenvalue weighted by molar-refractivity contribution is 6.21. The van der Waals surface area contributed by atoms with Gasteiger partial charge in [0.1, 0.15) is 5.50 Å². The van der Waals surface area contributed by atoms with Gasteiger partial charge in [-0.05, 0) is 44.4 Å². The van der Waals surface area contributed by atoms with Gasteiger partial charge in [-0.1, -0.05) is 71.1 Å². The summed E-state index contributed by atoms with van der Waals surface area (Å²) in [5.41, 5.74) is 2.54. The summed E-state index contributed by atoms with van der Waals surface area (Å²) in [6.07, 6.45) is 8.14. The molecule has 0 aliphatic carbocycles. The smallest absolute Gasteiger partial charge is 0.251 e. The lowest BCUT2D eigenvalue weighted by atomic mass is 9.84. The fourth-order valence-electron chi connectivity index (χ4n) is 3.40. The van der Waals surface area contributed by atoms with E-state index in [4.69, 9.17) is 11.6 Å². The zero-order valence-electron chi connectivity index (χ0n) is 16.0. The molecule has 2 atom stereocenters. The van der Waals surface area contributed by atoms with E-state index in [9.17, 15) is 4.79 Å². The molecule has 0 fully saturated rings. The molecular formula is C20H36ClNO. The molecule has 3 heteroatoms. The van der Waals surface area contributed by atoms with Crippen LogP contribution in [0.2, 0.25) is 0 Å². The van der Waals surface area contributed by atoms with Crippen LogP contribution in [0.5, 0.6) is 0 Å². The molecular weight excluding hydrogens is 306 g/mol. The van der Waals surface area contributed by atoms with Crippen LogP contribution in [0, 0.1) is 5.41 Å². The van der Waals surface area contributed by atoms with Crippen molar-refractivity contribution in [3.8, 4) is 0 Å². The maximum absolute atomic E-state index is 13.0. The molecule has 0 radical (unpaired) electrons. The number of halogens is 1. The van der Waals surface area contributed by atoms with Gasteiger partial charge < -0.3 is 4.90 Å². The van der Waals surface area contributed by atoms with Gasteiger partial charge in [-0.25, -0.2) is 0 Å². The number of rotatable bonds is 9. The zero-order chi connectivity index (χ0) is 17.6. The van der Waals surface area contributed by atoms with Crippen molar-refractivity contribution < 1.29 is 4.79 Å². The number of carbonyl (C=O) groups excluding carboxylic acids is 1. The third-order valence-corrected chi connectivity index (χ3v) is 5.73. The monoisotopic (exact) mass is 341 g/mol. The Labute approximate surface area is 148 Å². The number of nitrogens with zero attached hydrogens (tertiary/aromatic N) is 1. The maximum atomic E-state index is 13.0. The average Bonchev–Trinajstić information content (AvgIpc) is 2.49. The first-order chi connectivity index (χ1) is 10.8. The summed E-state index contributed by atoms with van der Waals surface area (Å²) >= 11 is 6.69. The summed E-state index contributed by atoms with van der Waals surface area (Å²) in [5.74, 6) is 0.198. The van der Waals surface area contributed by atoms with Gasteiger partial charge in [0.05, 0.1) is 0 Å². The van der Waals surface area contributed by atoms with Crippen molar-refractivity contribution >= 4 is 17.5 Å². The van der Waals surface area contributed by atoms with Gasteiger partial charge in [-0.15, -0.1) is 0 Å². The minimum Gasteiger partial charge on any atom is -0.319 e. The minimum atomic E-state index is -0.182. The molecule has 134 valence electrons. The Morgan fingerprint density at radius 1 is 1.22 bits per heavy atom. The topological polar surface area (TPSA) is 20.3 Å². The van der Waals surface area contributed by atoms with E-state index in [1.54, 1.807) is 0 Å². The highest BCUT2D eigenvalue weighted by atomic mass is 35.5. The van der Waals surface area contributed by atoms with E-state index in [-0.39, 0.29) is 17.5 Å². The fraction of sp³-hybridized carbons (Fsp3) is 0.850. The van der Waals surface area contributed by atoms with Crippen molar-refractivity contribution in [2.45, 2.75) is 104 Å². The molecule has 1 aliphatic rings. The Hall–Kier alpha value is -0.500. The van der Waals surface area contributed by atoms with Gasteiger partial charge in [0, 0.05) is 11.6 Å². The number of hydrogen-bond acceptors (Lipinski definition) is 1. The van der Waals surface area contributed by atoms with Crippen LogP contribution in [0.25, 0.3) is 0 Å². The summed E-state index contributed by atoms with van der Waals surface area (Å²) in [7, 11) is 0. The normalized spacial score (nSPS) is 21.1. The average molecular weight is 342 g/mol. The standard InChI is InChI=1S/C20H36ClNO/c1-7-10-16-14-15(4)22(19(23)17(16)11-8-2)18(21)12-13-20(5,6)9-3/h15,18H,7-14H2,1-6H3. The lowest BCUT2D eigenvalue weighted by Gasteiger charge is -2.40. The van der Waals surface area contributed by atoms with Gasteiger partial charge in [-0.2, -0.15) is 0 Å². The molecule has 0 saturated carbocycles. The Kier molecular flexibility index (Phi) is 8.13. The van der Waals surface area contributed by atoms with E-state index in [1.165, 1.54) is 5.57 Å². The molecule has 1 rings (SSSR count). The predicted octanol–water partition coefficient (Wildman–Crippen LogP) is 6.29. The van der Waals surface area contributed by atoms with Gasteiger partial charge in [0.2, 0.25) is 0 Å². The summed E-state index contributed by atoms with van der Waals surface area (Å²) in [6, 6.07) is 0.219. The van der Waals surface area contributed by atoms with Gasteiger partial charge in [0.25, 0.3) is 5.91 Å². The van der Waals surface area contributed by atoms with Crippen LogP contribution in [0.3, 0.4) is 0 Å². The molecule has 23 heavy (non-hydrogen) atoms. The second-order valence-corrected chi connectivity index (χ2v) is 8.34. The molecule has 1 amide bonds. The van der Waals surface area contributed by atoms with Gasteiger partial charge >= 0.3 is 0 Å². The van der Waals surface area contributed by atoms with Crippen molar-refractivity contribution in [2.75, 3.05) is 0 Å². The van der Waals surface area contributed by atoms with E-state index in [2.05, 4.69) is 41.5 Å². The summed E-state index contributed by atoms with van der Waals surface area (Å²) in [6.45, 7) is 13.3. The van der Waals surface area contributed by atoms with Crippen molar-refractivity contribution in [3.63, 3.8) is 0 Å². The largest absolute Gasteiger partial charge is 0.319 e. The SMILES string of the molecule is CCCC1=C(CCC)C(=O)N(C(Cl)CCC(C)(C)CC)C(C)C1. The zero-order valence-corrected chi connectivity index (χ0v) is 16.8. The molecule has 1 aliphatic heterocycles. The first-order valence-electron chi connectivity index (χ1n) is 9.45. The van der Waals surface area contributed by atoms with Crippen molar-refractivity contribution in [3.05, 3.63) is 11.1 Å². The Balaban J connectivity index is 2.89. The summed E-state index contributed by atoms with van der Waals surface area (Å²) in [4.78, 5) is 15.0. The van der Waals surface area contributed by atoms with Crippen LogP contribution in [0.15, 0.2) is 11.1 Å². The van der Waals surface area contributed by atoms with E-state index in [0.29, 0.717) is 5.41 Å². The third-order valence-electron chi connectivity index (χ3n) is 5.31. The molecule has 0 bridgehead atoms. The maximum Gasteiger partial charge on any atom is 0.251 e. The van der Waals surface area contributed by atoms with Gasteiger partial charge in [-0.3, -0.25) is 4.79 Å². The first kappa shape index (κ1) is 20.5. The van der Waals surface area contributed by atoms with Crippen molar-refractivity contribution in [2.24, 2.45) is 5.41 Å². The Bertz CT molecular complexity index is 427. The highest BCUT2D eigenvalue weighted by Gasteiger charge is 2.35.